The Morgan fingerprint density at radius 1 is 1.29 bits per heavy atom. The van der Waals surface area contributed by atoms with E-state index in [0.717, 1.165) is 27.6 Å². The van der Waals surface area contributed by atoms with Crippen LogP contribution in [0.1, 0.15) is 33.3 Å². The van der Waals surface area contributed by atoms with Crippen LogP contribution in [0.5, 0.6) is 0 Å². The topological polar surface area (TPSA) is 20.3 Å². The van der Waals surface area contributed by atoms with Crippen molar-refractivity contribution < 1.29 is 4.79 Å². The zero-order chi connectivity index (χ0) is 15.6. The molecule has 4 heteroatoms. The molecule has 0 spiro atoms. The number of thiophene rings is 1. The number of carbonyl (C=O) groups excluding carboxylic acids is 1. The maximum atomic E-state index is 12.7. The van der Waals surface area contributed by atoms with Crippen molar-refractivity contribution in [3.05, 3.63) is 56.2 Å². The van der Waals surface area contributed by atoms with Gasteiger partial charge in [0.2, 0.25) is 0 Å². The summed E-state index contributed by atoms with van der Waals surface area (Å²) in [5.74, 6) is 0.168. The van der Waals surface area contributed by atoms with E-state index in [2.05, 4.69) is 4.90 Å². The number of hydrogen-bond acceptors (Lipinski definition) is 3. The van der Waals surface area contributed by atoms with Gasteiger partial charge in [-0.15, -0.1) is 11.3 Å². The molecule has 0 aliphatic heterocycles. The lowest BCUT2D eigenvalue weighted by atomic mass is 9.98. The first kappa shape index (κ1) is 16.2. The van der Waals surface area contributed by atoms with Crippen molar-refractivity contribution in [2.24, 2.45) is 0 Å². The van der Waals surface area contributed by atoms with Gasteiger partial charge in [-0.2, -0.15) is 0 Å². The number of nitrogens with zero attached hydrogens (tertiary/aromatic N) is 1. The number of ketones is 1. The van der Waals surface area contributed by atoms with Gasteiger partial charge in [-0.05, 0) is 51.6 Å². The fourth-order valence-electron chi connectivity index (χ4n) is 2.25. The molecule has 0 amide bonds. The average molecular weight is 322 g/mol. The van der Waals surface area contributed by atoms with Crippen LogP contribution in [0.15, 0.2) is 30.3 Å². The average Bonchev–Trinajstić information content (AvgIpc) is 2.85. The van der Waals surface area contributed by atoms with Crippen LogP contribution in [0.2, 0.25) is 4.34 Å². The van der Waals surface area contributed by atoms with E-state index in [1.54, 1.807) is 11.3 Å². The summed E-state index contributed by atoms with van der Waals surface area (Å²) in [6.45, 7) is 6.69. The number of likely N-dealkylation sites (N-methyl/N-ethyl adjacent to an activating group) is 1. The zero-order valence-electron chi connectivity index (χ0n) is 12.8. The van der Waals surface area contributed by atoms with E-state index in [0.29, 0.717) is 0 Å². The molecule has 0 saturated carbocycles. The third-order valence-electron chi connectivity index (χ3n) is 3.73. The monoisotopic (exact) mass is 321 g/mol. The van der Waals surface area contributed by atoms with Crippen LogP contribution in [0.25, 0.3) is 0 Å². The number of carbonyl (C=O) groups is 1. The molecular weight excluding hydrogens is 302 g/mol. The SMILES string of the molecule is Cc1ccc(C)c(C(=O)C(C)N(C)Cc2ccc(Cl)s2)c1. The second kappa shape index (κ2) is 6.73. The summed E-state index contributed by atoms with van der Waals surface area (Å²) in [5.41, 5.74) is 2.97. The van der Waals surface area contributed by atoms with Crippen LogP contribution < -0.4 is 0 Å². The lowest BCUT2D eigenvalue weighted by molar-refractivity contribution is 0.0862. The molecule has 2 rings (SSSR count). The molecule has 1 aromatic carbocycles. The molecule has 21 heavy (non-hydrogen) atoms. The van der Waals surface area contributed by atoms with Crippen molar-refractivity contribution in [1.29, 1.82) is 0 Å². The minimum absolute atomic E-state index is 0.161. The van der Waals surface area contributed by atoms with Crippen LogP contribution in [0.4, 0.5) is 0 Å². The summed E-state index contributed by atoms with van der Waals surface area (Å²) in [6, 6.07) is 9.77. The Morgan fingerprint density at radius 3 is 2.62 bits per heavy atom. The van der Waals surface area contributed by atoms with Gasteiger partial charge in [0.05, 0.1) is 10.4 Å². The molecular formula is C17H20ClNOS. The molecule has 1 atom stereocenters. The van der Waals surface area contributed by atoms with E-state index in [1.807, 2.05) is 58.2 Å². The Labute approximate surface area is 135 Å². The quantitative estimate of drug-likeness (QED) is 0.742. The molecule has 0 aliphatic carbocycles. The van der Waals surface area contributed by atoms with Gasteiger partial charge in [-0.25, -0.2) is 0 Å². The fraction of sp³-hybridized carbons (Fsp3) is 0.353. The van der Waals surface area contributed by atoms with E-state index >= 15 is 0 Å². The zero-order valence-corrected chi connectivity index (χ0v) is 14.4. The van der Waals surface area contributed by atoms with Gasteiger partial charge in [-0.1, -0.05) is 29.3 Å². The minimum atomic E-state index is -0.161. The van der Waals surface area contributed by atoms with Gasteiger partial charge < -0.3 is 0 Å². The van der Waals surface area contributed by atoms with Crippen molar-refractivity contribution in [2.45, 2.75) is 33.4 Å². The molecule has 1 aromatic heterocycles. The lowest BCUT2D eigenvalue weighted by Crippen LogP contribution is -2.35. The molecule has 0 N–H and O–H groups in total. The molecule has 0 saturated heterocycles. The second-order valence-corrected chi connectivity index (χ2v) is 7.28. The van der Waals surface area contributed by atoms with Crippen LogP contribution in [-0.4, -0.2) is 23.8 Å². The van der Waals surface area contributed by atoms with Gasteiger partial charge in [0, 0.05) is 17.0 Å². The predicted molar refractivity (Wildman–Crippen MR) is 90.5 cm³/mol. The van der Waals surface area contributed by atoms with Crippen molar-refractivity contribution in [2.75, 3.05) is 7.05 Å². The number of aryl methyl sites for hydroxylation is 2. The van der Waals surface area contributed by atoms with E-state index < -0.39 is 0 Å². The first-order valence-electron chi connectivity index (χ1n) is 6.94. The van der Waals surface area contributed by atoms with E-state index in [-0.39, 0.29) is 11.8 Å². The highest BCUT2D eigenvalue weighted by Crippen LogP contribution is 2.23. The molecule has 2 nitrogen and oxygen atoms in total. The highest BCUT2D eigenvalue weighted by atomic mass is 35.5. The van der Waals surface area contributed by atoms with Gasteiger partial charge in [0.25, 0.3) is 0 Å². The van der Waals surface area contributed by atoms with Crippen LogP contribution in [0, 0.1) is 13.8 Å². The van der Waals surface area contributed by atoms with Gasteiger partial charge in [-0.3, -0.25) is 9.69 Å². The molecule has 112 valence electrons. The number of benzene rings is 1. The van der Waals surface area contributed by atoms with E-state index in [4.69, 9.17) is 11.6 Å². The maximum absolute atomic E-state index is 12.7. The smallest absolute Gasteiger partial charge is 0.179 e. The normalized spacial score (nSPS) is 12.7. The second-order valence-electron chi connectivity index (χ2n) is 5.48. The first-order valence-corrected chi connectivity index (χ1v) is 8.14. The number of rotatable bonds is 5. The molecule has 1 unspecified atom stereocenters. The number of halogens is 1. The minimum Gasteiger partial charge on any atom is -0.292 e. The molecule has 0 aliphatic rings. The molecule has 2 aromatic rings. The Kier molecular flexibility index (Phi) is 5.20. The summed E-state index contributed by atoms with van der Waals surface area (Å²) < 4.78 is 0.784. The molecule has 0 fully saturated rings. The van der Waals surface area contributed by atoms with Crippen LogP contribution >= 0.6 is 22.9 Å². The maximum Gasteiger partial charge on any atom is 0.179 e. The van der Waals surface area contributed by atoms with Crippen molar-refractivity contribution in [3.8, 4) is 0 Å². The van der Waals surface area contributed by atoms with E-state index in [1.165, 1.54) is 4.88 Å². The Balaban J connectivity index is 2.12. The van der Waals surface area contributed by atoms with Crippen molar-refractivity contribution >= 4 is 28.7 Å². The summed E-state index contributed by atoms with van der Waals surface area (Å²) in [4.78, 5) is 15.9. The highest BCUT2D eigenvalue weighted by molar-refractivity contribution is 7.16. The van der Waals surface area contributed by atoms with Gasteiger partial charge in [0.15, 0.2) is 5.78 Å². The van der Waals surface area contributed by atoms with Crippen molar-refractivity contribution in [1.82, 2.24) is 4.90 Å². The highest BCUT2D eigenvalue weighted by Gasteiger charge is 2.21. The van der Waals surface area contributed by atoms with E-state index in [9.17, 15) is 4.79 Å². The van der Waals surface area contributed by atoms with Crippen LogP contribution in [-0.2, 0) is 6.54 Å². The summed E-state index contributed by atoms with van der Waals surface area (Å²) in [7, 11) is 1.97. The molecule has 0 radical (unpaired) electrons. The predicted octanol–water partition coefficient (Wildman–Crippen LogP) is 4.72. The summed E-state index contributed by atoms with van der Waals surface area (Å²) >= 11 is 7.51. The van der Waals surface area contributed by atoms with Crippen LogP contribution in [0.3, 0.4) is 0 Å². The Morgan fingerprint density at radius 2 is 2.00 bits per heavy atom. The number of Topliss-reactive ketones (excluding diaryl/α,β-unsaturated/α-hetero) is 1. The first-order chi connectivity index (χ1) is 9.88. The lowest BCUT2D eigenvalue weighted by Gasteiger charge is -2.23. The fourth-order valence-corrected chi connectivity index (χ4v) is 3.40. The van der Waals surface area contributed by atoms with Gasteiger partial charge >= 0.3 is 0 Å². The Bertz CT molecular complexity index is 650. The third kappa shape index (κ3) is 3.94. The largest absolute Gasteiger partial charge is 0.292 e. The summed E-state index contributed by atoms with van der Waals surface area (Å²) in [5, 5.41) is 0. The third-order valence-corrected chi connectivity index (χ3v) is 4.95. The van der Waals surface area contributed by atoms with Crippen molar-refractivity contribution in [3.63, 3.8) is 0 Å². The molecule has 1 heterocycles. The summed E-state index contributed by atoms with van der Waals surface area (Å²) in [6.07, 6.45) is 0. The standard InChI is InChI=1S/C17H20ClNOS/c1-11-5-6-12(2)15(9-11)17(20)13(3)19(4)10-14-7-8-16(18)21-14/h5-9,13H,10H2,1-4H3. The Hall–Kier alpha value is -1.16. The van der Waals surface area contributed by atoms with Gasteiger partial charge in [0.1, 0.15) is 0 Å². The number of hydrogen-bond donors (Lipinski definition) is 0. The molecule has 0 bridgehead atoms.